The maximum atomic E-state index is 12.7. The van der Waals surface area contributed by atoms with E-state index in [4.69, 9.17) is 14.2 Å². The number of alkyl carbamates (subject to hydrolysis) is 1. The van der Waals surface area contributed by atoms with Crippen LogP contribution in [-0.4, -0.2) is 68.7 Å². The van der Waals surface area contributed by atoms with Gasteiger partial charge in [-0.1, -0.05) is 48.5 Å². The van der Waals surface area contributed by atoms with E-state index < -0.39 is 36.0 Å². The smallest absolute Gasteiger partial charge is 0.407 e. The first kappa shape index (κ1) is 23.7. The first-order valence-electron chi connectivity index (χ1n) is 11.2. The van der Waals surface area contributed by atoms with Gasteiger partial charge in [-0.15, -0.1) is 0 Å². The number of aliphatic carboxylic acids is 1. The number of hydrogen-bond donors (Lipinski definition) is 3. The van der Waals surface area contributed by atoms with Gasteiger partial charge in [0.1, 0.15) is 12.6 Å². The third-order valence-electron chi connectivity index (χ3n) is 6.29. The second kappa shape index (κ2) is 10.7. The first-order chi connectivity index (χ1) is 16.5. The fraction of sp³-hybridized carbons (Fsp3) is 0.400. The predicted molar refractivity (Wildman–Crippen MR) is 122 cm³/mol. The van der Waals surface area contributed by atoms with Gasteiger partial charge in [0.2, 0.25) is 5.91 Å². The van der Waals surface area contributed by atoms with Crippen molar-refractivity contribution in [3.05, 3.63) is 59.7 Å². The number of nitrogens with one attached hydrogen (secondary N) is 2. The monoisotopic (exact) mass is 468 g/mol. The number of methoxy groups -OCH3 is 1. The molecule has 3 unspecified atom stereocenters. The van der Waals surface area contributed by atoms with Crippen molar-refractivity contribution < 1.29 is 33.7 Å². The summed E-state index contributed by atoms with van der Waals surface area (Å²) in [5.41, 5.74) is 4.48. The average molecular weight is 469 g/mol. The molecule has 0 radical (unpaired) electrons. The standard InChI is InChI=1S/C25H28N2O7/c1-32-11-10-21(24(29)30)26-23(28)20-12-33-14-22(20)27-25(31)34-13-19-17-8-4-2-6-15(17)16-7-3-5-9-18(16)19/h2-9,19-22H,10-14H2,1H3,(H,26,28)(H,27,31)(H,29,30). The minimum Gasteiger partial charge on any atom is -0.480 e. The number of ether oxygens (including phenoxy) is 3. The number of carboxylic acid groups (broad SMARTS) is 1. The van der Waals surface area contributed by atoms with E-state index >= 15 is 0 Å². The van der Waals surface area contributed by atoms with Crippen LogP contribution in [0.15, 0.2) is 48.5 Å². The molecule has 3 N–H and O–H groups in total. The summed E-state index contributed by atoms with van der Waals surface area (Å²) in [4.78, 5) is 36.7. The number of carboxylic acids is 1. The van der Waals surface area contributed by atoms with Crippen LogP contribution in [0.2, 0.25) is 0 Å². The molecule has 2 amide bonds. The molecule has 9 heteroatoms. The molecule has 1 aliphatic carbocycles. The van der Waals surface area contributed by atoms with Crippen molar-refractivity contribution in [1.82, 2.24) is 10.6 Å². The largest absolute Gasteiger partial charge is 0.480 e. The Morgan fingerprint density at radius 1 is 1.06 bits per heavy atom. The zero-order chi connectivity index (χ0) is 24.1. The Labute approximate surface area is 197 Å². The van der Waals surface area contributed by atoms with Crippen molar-refractivity contribution in [3.63, 3.8) is 0 Å². The molecular weight excluding hydrogens is 440 g/mol. The highest BCUT2D eigenvalue weighted by Gasteiger charge is 2.37. The Hall–Kier alpha value is -3.43. The molecule has 2 aliphatic rings. The third kappa shape index (κ3) is 5.05. The molecule has 4 rings (SSSR count). The van der Waals surface area contributed by atoms with E-state index in [0.29, 0.717) is 0 Å². The van der Waals surface area contributed by atoms with Crippen LogP contribution in [0.3, 0.4) is 0 Å². The Kier molecular flexibility index (Phi) is 7.44. The summed E-state index contributed by atoms with van der Waals surface area (Å²) in [6.07, 6.45) is -0.514. The van der Waals surface area contributed by atoms with Crippen molar-refractivity contribution in [2.45, 2.75) is 24.4 Å². The van der Waals surface area contributed by atoms with Gasteiger partial charge in [0.15, 0.2) is 0 Å². The quantitative estimate of drug-likeness (QED) is 0.515. The van der Waals surface area contributed by atoms with Crippen LogP contribution < -0.4 is 10.6 Å². The number of rotatable bonds is 9. The van der Waals surface area contributed by atoms with Crippen molar-refractivity contribution in [2.75, 3.05) is 33.5 Å². The number of amides is 2. The van der Waals surface area contributed by atoms with E-state index in [1.165, 1.54) is 7.11 Å². The van der Waals surface area contributed by atoms with Crippen LogP contribution in [0.4, 0.5) is 4.79 Å². The molecule has 0 aromatic heterocycles. The number of hydrogen-bond acceptors (Lipinski definition) is 6. The van der Waals surface area contributed by atoms with Crippen LogP contribution in [0, 0.1) is 5.92 Å². The average Bonchev–Trinajstić information content (AvgIpc) is 3.42. The Morgan fingerprint density at radius 2 is 1.71 bits per heavy atom. The predicted octanol–water partition coefficient (Wildman–Crippen LogP) is 2.15. The van der Waals surface area contributed by atoms with Crippen LogP contribution in [0.1, 0.15) is 23.5 Å². The molecule has 2 aromatic carbocycles. The summed E-state index contributed by atoms with van der Waals surface area (Å²) in [7, 11) is 1.46. The molecule has 1 heterocycles. The Morgan fingerprint density at radius 3 is 2.32 bits per heavy atom. The highest BCUT2D eigenvalue weighted by Crippen LogP contribution is 2.44. The van der Waals surface area contributed by atoms with Gasteiger partial charge in [-0.05, 0) is 22.3 Å². The second-order valence-corrected chi connectivity index (χ2v) is 8.40. The molecule has 1 saturated heterocycles. The second-order valence-electron chi connectivity index (χ2n) is 8.40. The first-order valence-corrected chi connectivity index (χ1v) is 11.2. The van der Waals surface area contributed by atoms with Gasteiger partial charge in [0.25, 0.3) is 0 Å². The Bertz CT molecular complexity index is 1010. The van der Waals surface area contributed by atoms with Gasteiger partial charge >= 0.3 is 12.1 Å². The van der Waals surface area contributed by atoms with Crippen LogP contribution in [0.5, 0.6) is 0 Å². The minimum atomic E-state index is -1.15. The molecule has 180 valence electrons. The summed E-state index contributed by atoms with van der Waals surface area (Å²) in [6, 6.07) is 14.4. The highest BCUT2D eigenvalue weighted by molar-refractivity contribution is 5.86. The molecule has 1 aliphatic heterocycles. The summed E-state index contributed by atoms with van der Waals surface area (Å²) in [6.45, 7) is 0.567. The maximum Gasteiger partial charge on any atom is 0.407 e. The van der Waals surface area contributed by atoms with Gasteiger partial charge in [0.05, 0.1) is 25.2 Å². The molecule has 9 nitrogen and oxygen atoms in total. The lowest BCUT2D eigenvalue weighted by Gasteiger charge is -2.21. The normalized spacial score (nSPS) is 19.7. The van der Waals surface area contributed by atoms with Gasteiger partial charge < -0.3 is 30.0 Å². The topological polar surface area (TPSA) is 123 Å². The molecular formula is C25H28N2O7. The molecule has 34 heavy (non-hydrogen) atoms. The van der Waals surface area contributed by atoms with Gasteiger partial charge in [0, 0.05) is 26.1 Å². The van der Waals surface area contributed by atoms with Crippen molar-refractivity contribution >= 4 is 18.0 Å². The number of carbonyl (C=O) groups is 3. The molecule has 1 fully saturated rings. The van der Waals surface area contributed by atoms with Crippen molar-refractivity contribution in [3.8, 4) is 11.1 Å². The lowest BCUT2D eigenvalue weighted by molar-refractivity contribution is -0.143. The zero-order valence-corrected chi connectivity index (χ0v) is 18.9. The van der Waals surface area contributed by atoms with E-state index in [9.17, 15) is 19.5 Å². The van der Waals surface area contributed by atoms with E-state index in [1.54, 1.807) is 0 Å². The number of benzene rings is 2. The summed E-state index contributed by atoms with van der Waals surface area (Å²) in [5, 5.41) is 14.5. The number of carbonyl (C=O) groups excluding carboxylic acids is 2. The van der Waals surface area contributed by atoms with E-state index in [-0.39, 0.29) is 38.8 Å². The minimum absolute atomic E-state index is 0.0748. The lowest BCUT2D eigenvalue weighted by atomic mass is 9.98. The fourth-order valence-corrected chi connectivity index (χ4v) is 4.52. The van der Waals surface area contributed by atoms with Gasteiger partial charge in [-0.3, -0.25) is 4.79 Å². The molecule has 3 atom stereocenters. The van der Waals surface area contributed by atoms with E-state index in [0.717, 1.165) is 22.3 Å². The molecule has 0 spiro atoms. The lowest BCUT2D eigenvalue weighted by Crippen LogP contribution is -2.50. The van der Waals surface area contributed by atoms with E-state index in [2.05, 4.69) is 22.8 Å². The molecule has 2 aromatic rings. The zero-order valence-electron chi connectivity index (χ0n) is 18.9. The fourth-order valence-electron chi connectivity index (χ4n) is 4.52. The van der Waals surface area contributed by atoms with Crippen LogP contribution in [-0.2, 0) is 23.8 Å². The number of fused-ring (bicyclic) bond motifs is 3. The summed E-state index contributed by atoms with van der Waals surface area (Å²) < 4.78 is 15.8. The third-order valence-corrected chi connectivity index (χ3v) is 6.29. The van der Waals surface area contributed by atoms with Gasteiger partial charge in [-0.25, -0.2) is 9.59 Å². The maximum absolute atomic E-state index is 12.7. The van der Waals surface area contributed by atoms with Crippen molar-refractivity contribution in [2.24, 2.45) is 5.92 Å². The highest BCUT2D eigenvalue weighted by atomic mass is 16.5. The summed E-state index contributed by atoms with van der Waals surface area (Å²) in [5.74, 6) is -2.44. The van der Waals surface area contributed by atoms with E-state index in [1.807, 2.05) is 36.4 Å². The van der Waals surface area contributed by atoms with Crippen LogP contribution >= 0.6 is 0 Å². The molecule has 0 saturated carbocycles. The van der Waals surface area contributed by atoms with Crippen molar-refractivity contribution in [1.29, 1.82) is 0 Å². The SMILES string of the molecule is COCCC(NC(=O)C1COCC1NC(=O)OCC1c2ccccc2-c2ccccc21)C(=O)O. The van der Waals surface area contributed by atoms with Gasteiger partial charge in [-0.2, -0.15) is 0 Å². The van der Waals surface area contributed by atoms with Crippen LogP contribution in [0.25, 0.3) is 11.1 Å². The Balaban J connectivity index is 1.35. The summed E-state index contributed by atoms with van der Waals surface area (Å²) >= 11 is 0. The molecule has 0 bridgehead atoms.